The molecule has 3 nitrogen and oxygen atoms in total. The first-order chi connectivity index (χ1) is 8.75. The lowest BCUT2D eigenvalue weighted by Crippen LogP contribution is -2.53. The molecule has 0 radical (unpaired) electrons. The Morgan fingerprint density at radius 2 is 1.72 bits per heavy atom. The summed E-state index contributed by atoms with van der Waals surface area (Å²) in [5.41, 5.74) is 0.440. The molecule has 0 aromatic heterocycles. The van der Waals surface area contributed by atoms with Gasteiger partial charge in [-0.25, -0.2) is 0 Å². The molecule has 18 heavy (non-hydrogen) atoms. The average Bonchev–Trinajstić information content (AvgIpc) is 3.03. The van der Waals surface area contributed by atoms with Crippen molar-refractivity contribution in [3.8, 4) is 0 Å². The molecule has 0 N–H and O–H groups in total. The smallest absolute Gasteiger partial charge is 0.191 e. The summed E-state index contributed by atoms with van der Waals surface area (Å²) in [5.74, 6) is 0.0972. The van der Waals surface area contributed by atoms with Gasteiger partial charge in [0.2, 0.25) is 0 Å². The second-order valence-electron chi connectivity index (χ2n) is 5.59. The first-order valence-electron chi connectivity index (χ1n) is 6.70. The first kappa shape index (κ1) is 10.4. The minimum absolute atomic E-state index is 0.0486. The molecule has 0 amide bonds. The highest BCUT2D eigenvalue weighted by Crippen LogP contribution is 2.47. The Balaban J connectivity index is 1.90. The van der Waals surface area contributed by atoms with E-state index in [0.717, 1.165) is 25.8 Å². The van der Waals surface area contributed by atoms with Crippen LogP contribution in [0.1, 0.15) is 46.4 Å². The number of carbonyl (C=O) groups is 2. The zero-order chi connectivity index (χ0) is 12.3. The van der Waals surface area contributed by atoms with Gasteiger partial charge in [-0.15, -0.1) is 0 Å². The summed E-state index contributed by atoms with van der Waals surface area (Å²) in [4.78, 5) is 27.6. The first-order valence-corrected chi connectivity index (χ1v) is 6.70. The topological polar surface area (TPSA) is 37.4 Å². The summed E-state index contributed by atoms with van der Waals surface area (Å²) in [6, 6.07) is 7.74. The van der Waals surface area contributed by atoms with Gasteiger partial charge in [-0.3, -0.25) is 14.5 Å². The zero-order valence-electron chi connectivity index (χ0n) is 10.2. The number of nitrogens with zero attached hydrogens (tertiary/aromatic N) is 1. The molecule has 2 heterocycles. The van der Waals surface area contributed by atoms with E-state index in [4.69, 9.17) is 0 Å². The lowest BCUT2D eigenvalue weighted by atomic mass is 9.90. The van der Waals surface area contributed by atoms with Gasteiger partial charge in [0, 0.05) is 17.2 Å². The van der Waals surface area contributed by atoms with Gasteiger partial charge < -0.3 is 0 Å². The van der Waals surface area contributed by atoms with E-state index in [1.807, 2.05) is 12.1 Å². The van der Waals surface area contributed by atoms with Crippen LogP contribution in [0.15, 0.2) is 24.3 Å². The molecule has 3 heteroatoms. The van der Waals surface area contributed by atoms with Crippen LogP contribution >= 0.6 is 0 Å². The van der Waals surface area contributed by atoms with Gasteiger partial charge in [-0.2, -0.15) is 0 Å². The van der Waals surface area contributed by atoms with Crippen molar-refractivity contribution in [3.63, 3.8) is 0 Å². The van der Waals surface area contributed by atoms with Crippen LogP contribution in [0.25, 0.3) is 0 Å². The van der Waals surface area contributed by atoms with E-state index in [9.17, 15) is 9.59 Å². The van der Waals surface area contributed by atoms with Crippen LogP contribution in [0.2, 0.25) is 0 Å². The van der Waals surface area contributed by atoms with E-state index in [1.54, 1.807) is 12.1 Å². The van der Waals surface area contributed by atoms with E-state index in [0.29, 0.717) is 23.6 Å². The maximum atomic E-state index is 12.7. The number of benzene rings is 1. The van der Waals surface area contributed by atoms with Crippen molar-refractivity contribution in [1.29, 1.82) is 0 Å². The van der Waals surface area contributed by atoms with Crippen molar-refractivity contribution in [2.24, 2.45) is 0 Å². The largest absolute Gasteiger partial charge is 0.292 e. The molecule has 1 unspecified atom stereocenters. The Morgan fingerprint density at radius 1 is 1.06 bits per heavy atom. The van der Waals surface area contributed by atoms with Crippen molar-refractivity contribution >= 4 is 11.6 Å². The second kappa shape index (κ2) is 3.29. The fourth-order valence-electron chi connectivity index (χ4n) is 4.07. The number of carbonyl (C=O) groups excluding carboxylic acids is 2. The highest BCUT2D eigenvalue weighted by atomic mass is 16.2. The highest BCUT2D eigenvalue weighted by Gasteiger charge is 2.61. The third-order valence-corrected chi connectivity index (χ3v) is 4.87. The number of hydrogen-bond acceptors (Lipinski definition) is 3. The molecule has 1 atom stereocenters. The SMILES string of the molecule is O=C1c2ccccc2C(=O)C12CCC1CCCN12. The third-order valence-electron chi connectivity index (χ3n) is 4.87. The van der Waals surface area contributed by atoms with Crippen molar-refractivity contribution in [2.45, 2.75) is 37.3 Å². The van der Waals surface area contributed by atoms with Gasteiger partial charge in [0.05, 0.1) is 0 Å². The Hall–Kier alpha value is -1.48. The molecule has 0 saturated carbocycles. The number of rotatable bonds is 0. The zero-order valence-corrected chi connectivity index (χ0v) is 10.2. The van der Waals surface area contributed by atoms with Crippen LogP contribution < -0.4 is 0 Å². The molecule has 3 aliphatic rings. The van der Waals surface area contributed by atoms with Crippen molar-refractivity contribution in [2.75, 3.05) is 6.54 Å². The summed E-state index contributed by atoms with van der Waals surface area (Å²) < 4.78 is 0. The molecular weight excluding hydrogens is 226 g/mol. The monoisotopic (exact) mass is 241 g/mol. The van der Waals surface area contributed by atoms with Gasteiger partial charge >= 0.3 is 0 Å². The molecule has 2 fully saturated rings. The highest BCUT2D eigenvalue weighted by molar-refractivity contribution is 6.33. The Labute approximate surface area is 106 Å². The summed E-state index contributed by atoms with van der Waals surface area (Å²) in [6.07, 6.45) is 3.96. The van der Waals surface area contributed by atoms with Crippen molar-refractivity contribution < 1.29 is 9.59 Å². The predicted octanol–water partition coefficient (Wildman–Crippen LogP) is 2.06. The second-order valence-corrected chi connectivity index (χ2v) is 5.59. The van der Waals surface area contributed by atoms with Crippen LogP contribution in [0.3, 0.4) is 0 Å². The van der Waals surface area contributed by atoms with Gasteiger partial charge in [0.1, 0.15) is 5.54 Å². The van der Waals surface area contributed by atoms with Crippen molar-refractivity contribution in [1.82, 2.24) is 4.90 Å². The van der Waals surface area contributed by atoms with Gasteiger partial charge in [-0.1, -0.05) is 24.3 Å². The molecule has 1 aliphatic carbocycles. The fourth-order valence-corrected chi connectivity index (χ4v) is 4.07. The maximum Gasteiger partial charge on any atom is 0.191 e. The lowest BCUT2D eigenvalue weighted by Gasteiger charge is -2.31. The minimum Gasteiger partial charge on any atom is -0.292 e. The minimum atomic E-state index is -0.829. The van der Waals surface area contributed by atoms with Crippen molar-refractivity contribution in [3.05, 3.63) is 35.4 Å². The Kier molecular flexibility index (Phi) is 1.91. The Bertz CT molecular complexity index is 528. The average molecular weight is 241 g/mol. The molecule has 0 bridgehead atoms. The lowest BCUT2D eigenvalue weighted by molar-refractivity contribution is 0.0583. The van der Waals surface area contributed by atoms with E-state index in [2.05, 4.69) is 4.90 Å². The quantitative estimate of drug-likeness (QED) is 0.652. The van der Waals surface area contributed by atoms with Crippen LogP contribution in [0.5, 0.6) is 0 Å². The number of fused-ring (bicyclic) bond motifs is 3. The van der Waals surface area contributed by atoms with Gasteiger partial charge in [0.15, 0.2) is 11.6 Å². The molecule has 1 aromatic rings. The normalized spacial score (nSPS) is 29.0. The Morgan fingerprint density at radius 3 is 2.39 bits per heavy atom. The van der Waals surface area contributed by atoms with E-state index in [1.165, 1.54) is 0 Å². The third kappa shape index (κ3) is 1.000. The van der Waals surface area contributed by atoms with E-state index < -0.39 is 5.54 Å². The summed E-state index contributed by atoms with van der Waals surface area (Å²) in [6.45, 7) is 0.899. The molecule has 4 rings (SSSR count). The number of hydrogen-bond donors (Lipinski definition) is 0. The summed E-state index contributed by atoms with van der Waals surface area (Å²) in [7, 11) is 0. The van der Waals surface area contributed by atoms with Crippen LogP contribution in [-0.2, 0) is 0 Å². The maximum absolute atomic E-state index is 12.7. The number of ketones is 2. The van der Waals surface area contributed by atoms with E-state index >= 15 is 0 Å². The fraction of sp³-hybridized carbons (Fsp3) is 0.467. The standard InChI is InChI=1S/C15H15NO2/c17-13-11-5-1-2-6-12(11)14(18)15(13)8-7-10-4-3-9-16(10)15/h1-2,5-6,10H,3-4,7-9H2. The summed E-state index contributed by atoms with van der Waals surface area (Å²) >= 11 is 0. The molecule has 2 saturated heterocycles. The molecular formula is C15H15NO2. The number of Topliss-reactive ketones (excluding diaryl/α,β-unsaturated/α-hetero) is 2. The van der Waals surface area contributed by atoms with Gasteiger partial charge in [0.25, 0.3) is 0 Å². The van der Waals surface area contributed by atoms with Crippen LogP contribution in [0.4, 0.5) is 0 Å². The molecule has 2 aliphatic heterocycles. The van der Waals surface area contributed by atoms with Crippen LogP contribution in [0, 0.1) is 0 Å². The molecule has 92 valence electrons. The molecule has 1 aromatic carbocycles. The van der Waals surface area contributed by atoms with Gasteiger partial charge in [-0.05, 0) is 32.2 Å². The van der Waals surface area contributed by atoms with Crippen LogP contribution in [-0.4, -0.2) is 34.6 Å². The van der Waals surface area contributed by atoms with E-state index in [-0.39, 0.29) is 11.6 Å². The molecule has 1 spiro atoms. The predicted molar refractivity (Wildman–Crippen MR) is 66.8 cm³/mol. The summed E-state index contributed by atoms with van der Waals surface area (Å²) in [5, 5.41) is 0.